The lowest BCUT2D eigenvalue weighted by Gasteiger charge is -2.17. The van der Waals surface area contributed by atoms with Crippen LogP contribution >= 0.6 is 24.2 Å². The average Bonchev–Trinajstić information content (AvgIpc) is 3.10. The molecule has 1 heterocycles. The number of nitrogens with two attached hydrogens (primary N) is 1. The number of nitrogens with zero attached hydrogens (tertiary/aromatic N) is 1. The van der Waals surface area contributed by atoms with Crippen LogP contribution in [0.3, 0.4) is 0 Å². The van der Waals surface area contributed by atoms with E-state index in [1.807, 2.05) is 34.9 Å². The largest absolute Gasteiger partial charge is 0.338 e. The van der Waals surface area contributed by atoms with Gasteiger partial charge in [0.25, 0.3) is 5.91 Å². The van der Waals surface area contributed by atoms with Crippen molar-refractivity contribution in [1.29, 1.82) is 0 Å². The zero-order valence-electron chi connectivity index (χ0n) is 15.4. The maximum Gasteiger partial charge on any atom is 0.253 e. The van der Waals surface area contributed by atoms with E-state index in [-0.39, 0.29) is 18.3 Å². The Balaban J connectivity index is 0.00000243. The summed E-state index contributed by atoms with van der Waals surface area (Å²) in [6.07, 6.45) is 1.02. The van der Waals surface area contributed by atoms with Gasteiger partial charge >= 0.3 is 0 Å². The molecule has 2 aromatic rings. The van der Waals surface area contributed by atoms with Gasteiger partial charge in [-0.15, -0.1) is 24.2 Å². The number of aryl methyl sites for hydroxylation is 2. The highest BCUT2D eigenvalue weighted by atomic mass is 35.5. The van der Waals surface area contributed by atoms with Crippen molar-refractivity contribution in [1.82, 2.24) is 4.90 Å². The third kappa shape index (κ3) is 5.03. The third-order valence-corrected chi connectivity index (χ3v) is 6.05. The monoisotopic (exact) mass is 390 g/mol. The first-order chi connectivity index (χ1) is 12.1. The van der Waals surface area contributed by atoms with Gasteiger partial charge in [0, 0.05) is 29.3 Å². The molecular weight excluding hydrogens is 364 g/mol. The molecule has 1 atom stereocenters. The first-order valence-electron chi connectivity index (χ1n) is 8.85. The van der Waals surface area contributed by atoms with Crippen LogP contribution in [0.1, 0.15) is 33.5 Å². The Labute approximate surface area is 166 Å². The third-order valence-electron chi connectivity index (χ3n) is 4.81. The van der Waals surface area contributed by atoms with Crippen molar-refractivity contribution >= 4 is 30.1 Å². The predicted octanol–water partition coefficient (Wildman–Crippen LogP) is 4.44. The Bertz CT molecular complexity index is 765. The van der Waals surface area contributed by atoms with E-state index in [9.17, 15) is 4.79 Å². The number of likely N-dealkylation sites (tertiary alicyclic amines) is 1. The fraction of sp³-hybridized carbons (Fsp3) is 0.381. The summed E-state index contributed by atoms with van der Waals surface area (Å²) >= 11 is 1.82. The molecule has 1 unspecified atom stereocenters. The molecule has 26 heavy (non-hydrogen) atoms. The van der Waals surface area contributed by atoms with E-state index < -0.39 is 0 Å². The number of halogens is 1. The number of carbonyl (C=O) groups excluding carboxylic acids is 1. The molecule has 1 aliphatic heterocycles. The summed E-state index contributed by atoms with van der Waals surface area (Å²) in [5.41, 5.74) is 10.3. The minimum atomic E-state index is 0. The van der Waals surface area contributed by atoms with Crippen molar-refractivity contribution < 1.29 is 4.79 Å². The maximum atomic E-state index is 12.7. The van der Waals surface area contributed by atoms with E-state index in [1.54, 1.807) is 0 Å². The SMILES string of the molecule is Cc1ccc(SCc2cccc(C(=O)N3CCC(CN)C3)c2)c(C)c1.Cl. The summed E-state index contributed by atoms with van der Waals surface area (Å²) in [4.78, 5) is 15.9. The van der Waals surface area contributed by atoms with Crippen LogP contribution in [0.2, 0.25) is 0 Å². The Kier molecular flexibility index (Phi) is 7.56. The van der Waals surface area contributed by atoms with E-state index >= 15 is 0 Å². The molecule has 5 heteroatoms. The van der Waals surface area contributed by atoms with Gasteiger partial charge in [-0.1, -0.05) is 29.8 Å². The zero-order chi connectivity index (χ0) is 17.8. The van der Waals surface area contributed by atoms with Crippen LogP contribution in [0.5, 0.6) is 0 Å². The molecule has 2 aromatic carbocycles. The van der Waals surface area contributed by atoms with Gasteiger partial charge in [-0.05, 0) is 62.1 Å². The number of carbonyl (C=O) groups is 1. The lowest BCUT2D eigenvalue weighted by molar-refractivity contribution is 0.0787. The summed E-state index contributed by atoms with van der Waals surface area (Å²) in [7, 11) is 0. The van der Waals surface area contributed by atoms with Crippen LogP contribution < -0.4 is 5.73 Å². The van der Waals surface area contributed by atoms with Gasteiger partial charge in [0.1, 0.15) is 0 Å². The van der Waals surface area contributed by atoms with Crippen molar-refractivity contribution in [3.8, 4) is 0 Å². The standard InChI is InChI=1S/C21H26N2OS.ClH/c1-15-6-7-20(16(2)10-15)25-14-17-4-3-5-19(11-17)21(24)23-9-8-18(12-22)13-23;/h3-7,10-11,18H,8-9,12-14,22H2,1-2H3;1H. The molecule has 2 N–H and O–H groups in total. The molecule has 0 spiro atoms. The number of rotatable bonds is 5. The van der Waals surface area contributed by atoms with Gasteiger partial charge in [-0.3, -0.25) is 4.79 Å². The van der Waals surface area contributed by atoms with E-state index in [1.165, 1.54) is 21.6 Å². The summed E-state index contributed by atoms with van der Waals surface area (Å²) in [6.45, 7) is 6.54. The second-order valence-corrected chi connectivity index (χ2v) is 7.92. The summed E-state index contributed by atoms with van der Waals surface area (Å²) in [6, 6.07) is 14.6. The molecule has 0 bridgehead atoms. The second kappa shape index (κ2) is 9.45. The first kappa shape index (κ1) is 20.8. The molecule has 0 saturated carbocycles. The molecular formula is C21H27ClN2OS. The van der Waals surface area contributed by atoms with Crippen LogP contribution in [0.4, 0.5) is 0 Å². The van der Waals surface area contributed by atoms with Crippen LogP contribution in [-0.4, -0.2) is 30.4 Å². The van der Waals surface area contributed by atoms with Gasteiger partial charge in [-0.25, -0.2) is 0 Å². The molecule has 3 rings (SSSR count). The quantitative estimate of drug-likeness (QED) is 0.767. The Morgan fingerprint density at radius 2 is 2.04 bits per heavy atom. The first-order valence-corrected chi connectivity index (χ1v) is 9.83. The normalized spacial score (nSPS) is 16.4. The number of hydrogen-bond donors (Lipinski definition) is 1. The van der Waals surface area contributed by atoms with Crippen molar-refractivity contribution in [2.75, 3.05) is 19.6 Å². The average molecular weight is 391 g/mol. The minimum Gasteiger partial charge on any atom is -0.338 e. The smallest absolute Gasteiger partial charge is 0.253 e. The van der Waals surface area contributed by atoms with E-state index in [0.717, 1.165) is 30.8 Å². The molecule has 0 aliphatic carbocycles. The molecule has 0 aromatic heterocycles. The molecule has 1 saturated heterocycles. The summed E-state index contributed by atoms with van der Waals surface area (Å²) in [5.74, 6) is 1.46. The van der Waals surface area contributed by atoms with Gasteiger partial charge in [0.15, 0.2) is 0 Å². The molecule has 3 nitrogen and oxygen atoms in total. The van der Waals surface area contributed by atoms with Gasteiger partial charge in [-0.2, -0.15) is 0 Å². The maximum absolute atomic E-state index is 12.7. The van der Waals surface area contributed by atoms with Crippen molar-refractivity contribution in [2.45, 2.75) is 30.9 Å². The van der Waals surface area contributed by atoms with E-state index in [4.69, 9.17) is 5.73 Å². The molecule has 1 fully saturated rings. The molecule has 1 aliphatic rings. The summed E-state index contributed by atoms with van der Waals surface area (Å²) < 4.78 is 0. The Morgan fingerprint density at radius 1 is 1.23 bits per heavy atom. The number of hydrogen-bond acceptors (Lipinski definition) is 3. The van der Waals surface area contributed by atoms with E-state index in [2.05, 4.69) is 38.1 Å². The minimum absolute atomic E-state index is 0. The molecule has 0 radical (unpaired) electrons. The lowest BCUT2D eigenvalue weighted by Crippen LogP contribution is -2.29. The number of benzene rings is 2. The van der Waals surface area contributed by atoms with Gasteiger partial charge in [0.2, 0.25) is 0 Å². The fourth-order valence-electron chi connectivity index (χ4n) is 3.31. The molecule has 140 valence electrons. The second-order valence-electron chi connectivity index (χ2n) is 6.90. The van der Waals surface area contributed by atoms with Crippen LogP contribution in [0, 0.1) is 19.8 Å². The van der Waals surface area contributed by atoms with Crippen molar-refractivity contribution in [2.24, 2.45) is 11.7 Å². The Hall–Kier alpha value is -1.49. The van der Waals surface area contributed by atoms with E-state index in [0.29, 0.717) is 12.5 Å². The van der Waals surface area contributed by atoms with Crippen LogP contribution in [-0.2, 0) is 5.75 Å². The van der Waals surface area contributed by atoms with Gasteiger partial charge < -0.3 is 10.6 Å². The highest BCUT2D eigenvalue weighted by Gasteiger charge is 2.25. The molecule has 1 amide bonds. The van der Waals surface area contributed by atoms with Crippen LogP contribution in [0.15, 0.2) is 47.4 Å². The van der Waals surface area contributed by atoms with Crippen molar-refractivity contribution in [3.05, 3.63) is 64.7 Å². The van der Waals surface area contributed by atoms with Crippen molar-refractivity contribution in [3.63, 3.8) is 0 Å². The van der Waals surface area contributed by atoms with Crippen LogP contribution in [0.25, 0.3) is 0 Å². The Morgan fingerprint density at radius 3 is 2.73 bits per heavy atom. The highest BCUT2D eigenvalue weighted by Crippen LogP contribution is 2.27. The lowest BCUT2D eigenvalue weighted by atomic mass is 10.1. The highest BCUT2D eigenvalue weighted by molar-refractivity contribution is 7.98. The topological polar surface area (TPSA) is 46.3 Å². The number of thioether (sulfide) groups is 1. The summed E-state index contributed by atoms with van der Waals surface area (Å²) in [5, 5.41) is 0. The number of amides is 1. The predicted molar refractivity (Wildman–Crippen MR) is 112 cm³/mol. The fourth-order valence-corrected chi connectivity index (χ4v) is 4.26. The van der Waals surface area contributed by atoms with Gasteiger partial charge in [0.05, 0.1) is 0 Å². The zero-order valence-corrected chi connectivity index (χ0v) is 17.0.